The Balaban J connectivity index is 2.87. The number of anilines is 1. The van der Waals surface area contributed by atoms with Gasteiger partial charge < -0.3 is 4.74 Å². The Kier molecular flexibility index (Phi) is 4.00. The second kappa shape index (κ2) is 5.12. The molecule has 0 unspecified atom stereocenters. The molecule has 0 aliphatic rings. The van der Waals surface area contributed by atoms with Crippen molar-refractivity contribution in [3.05, 3.63) is 29.3 Å². The minimum Gasteiger partial charge on any atom is -0.444 e. The molecule has 1 aromatic rings. The predicted molar refractivity (Wildman–Crippen MR) is 61.6 cm³/mol. The molecule has 0 saturated carbocycles. The quantitative estimate of drug-likeness (QED) is 0.828. The SMILES string of the molecule is CC(C)(C)OC(=O)Nc1cc(F)c(C=O)c(F)c1. The van der Waals surface area contributed by atoms with Gasteiger partial charge in [-0.25, -0.2) is 13.6 Å². The highest BCUT2D eigenvalue weighted by Gasteiger charge is 2.17. The Bertz CT molecular complexity index is 458. The zero-order chi connectivity index (χ0) is 13.9. The van der Waals surface area contributed by atoms with Crippen LogP contribution in [0.25, 0.3) is 0 Å². The van der Waals surface area contributed by atoms with Crippen molar-refractivity contribution in [3.63, 3.8) is 0 Å². The highest BCUT2D eigenvalue weighted by Crippen LogP contribution is 2.18. The van der Waals surface area contributed by atoms with E-state index in [1.807, 2.05) is 0 Å². The maximum absolute atomic E-state index is 13.2. The number of hydrogen-bond donors (Lipinski definition) is 1. The molecule has 0 fully saturated rings. The van der Waals surface area contributed by atoms with Crippen LogP contribution in [0.15, 0.2) is 12.1 Å². The van der Waals surface area contributed by atoms with Gasteiger partial charge in [-0.15, -0.1) is 0 Å². The first-order valence-electron chi connectivity index (χ1n) is 5.17. The topological polar surface area (TPSA) is 55.4 Å². The lowest BCUT2D eigenvalue weighted by Gasteiger charge is -2.19. The minimum absolute atomic E-state index is 0.0714. The molecule has 0 heterocycles. The summed E-state index contributed by atoms with van der Waals surface area (Å²) in [6.07, 6.45) is -0.762. The molecule has 0 radical (unpaired) electrons. The second-order valence-corrected chi connectivity index (χ2v) is 4.60. The lowest BCUT2D eigenvalue weighted by molar-refractivity contribution is 0.0636. The number of rotatable bonds is 2. The standard InChI is InChI=1S/C12H13F2NO3/c1-12(2,3)18-11(17)15-7-4-9(13)8(6-16)10(14)5-7/h4-6H,1-3H3,(H,15,17). The molecule has 0 bridgehead atoms. The van der Waals surface area contributed by atoms with Gasteiger partial charge in [-0.3, -0.25) is 10.1 Å². The van der Waals surface area contributed by atoms with Gasteiger partial charge in [0.25, 0.3) is 0 Å². The van der Waals surface area contributed by atoms with Crippen molar-refractivity contribution in [3.8, 4) is 0 Å². The Morgan fingerprint density at radius 2 is 1.78 bits per heavy atom. The van der Waals surface area contributed by atoms with Crippen molar-refractivity contribution in [2.75, 3.05) is 5.32 Å². The van der Waals surface area contributed by atoms with Crippen molar-refractivity contribution in [1.82, 2.24) is 0 Å². The summed E-state index contributed by atoms with van der Waals surface area (Å²) in [5.74, 6) is -2.09. The van der Waals surface area contributed by atoms with E-state index in [0.29, 0.717) is 0 Å². The monoisotopic (exact) mass is 257 g/mol. The van der Waals surface area contributed by atoms with Crippen molar-refractivity contribution >= 4 is 18.1 Å². The van der Waals surface area contributed by atoms with Gasteiger partial charge in [-0.1, -0.05) is 0 Å². The number of benzene rings is 1. The predicted octanol–water partition coefficient (Wildman–Crippen LogP) is 3.12. The van der Waals surface area contributed by atoms with Gasteiger partial charge in [-0.2, -0.15) is 0 Å². The highest BCUT2D eigenvalue weighted by molar-refractivity contribution is 5.86. The average molecular weight is 257 g/mol. The summed E-state index contributed by atoms with van der Waals surface area (Å²) in [7, 11) is 0. The molecule has 0 spiro atoms. The van der Waals surface area contributed by atoms with Gasteiger partial charge >= 0.3 is 6.09 Å². The zero-order valence-electron chi connectivity index (χ0n) is 10.2. The lowest BCUT2D eigenvalue weighted by atomic mass is 10.2. The first-order chi connectivity index (χ1) is 8.23. The minimum atomic E-state index is -1.05. The van der Waals surface area contributed by atoms with E-state index in [0.717, 1.165) is 12.1 Å². The number of carbonyl (C=O) groups excluding carboxylic acids is 2. The first kappa shape index (κ1) is 14.1. The Hall–Kier alpha value is -1.98. The largest absolute Gasteiger partial charge is 0.444 e. The smallest absolute Gasteiger partial charge is 0.412 e. The van der Waals surface area contributed by atoms with Crippen molar-refractivity contribution < 1.29 is 23.1 Å². The molecular weight excluding hydrogens is 244 g/mol. The maximum Gasteiger partial charge on any atom is 0.412 e. The average Bonchev–Trinajstić information content (AvgIpc) is 2.13. The van der Waals surface area contributed by atoms with Crippen LogP contribution >= 0.6 is 0 Å². The second-order valence-electron chi connectivity index (χ2n) is 4.60. The molecule has 0 aliphatic heterocycles. The van der Waals surface area contributed by atoms with Gasteiger partial charge in [0.15, 0.2) is 6.29 Å². The molecule has 0 aliphatic carbocycles. The van der Waals surface area contributed by atoms with E-state index in [2.05, 4.69) is 5.32 Å². The Morgan fingerprint density at radius 1 is 1.28 bits per heavy atom. The summed E-state index contributed by atoms with van der Waals surface area (Å²) in [6.45, 7) is 4.97. The molecule has 1 amide bonds. The Morgan fingerprint density at radius 3 is 2.17 bits per heavy atom. The van der Waals surface area contributed by atoms with Crippen LogP contribution < -0.4 is 5.32 Å². The van der Waals surface area contributed by atoms with Gasteiger partial charge in [0.2, 0.25) is 0 Å². The van der Waals surface area contributed by atoms with Crippen LogP contribution in [0, 0.1) is 11.6 Å². The van der Waals surface area contributed by atoms with Crippen LogP contribution in [0.3, 0.4) is 0 Å². The van der Waals surface area contributed by atoms with Crippen LogP contribution in [0.4, 0.5) is 19.3 Å². The van der Waals surface area contributed by atoms with Crippen LogP contribution in [0.5, 0.6) is 0 Å². The number of halogens is 2. The summed E-state index contributed by atoms with van der Waals surface area (Å²) in [5, 5.41) is 2.17. The lowest BCUT2D eigenvalue weighted by Crippen LogP contribution is -2.27. The molecule has 0 atom stereocenters. The van der Waals surface area contributed by atoms with Gasteiger partial charge in [0.1, 0.15) is 17.2 Å². The van der Waals surface area contributed by atoms with Crippen molar-refractivity contribution in [2.45, 2.75) is 26.4 Å². The molecule has 6 heteroatoms. The van der Waals surface area contributed by atoms with Crippen molar-refractivity contribution in [1.29, 1.82) is 0 Å². The molecule has 98 valence electrons. The van der Waals surface area contributed by atoms with Crippen LogP contribution in [0.1, 0.15) is 31.1 Å². The summed E-state index contributed by atoms with van der Waals surface area (Å²) < 4.78 is 31.4. The fraction of sp³-hybridized carbons (Fsp3) is 0.333. The van der Waals surface area contributed by atoms with Crippen LogP contribution in [-0.4, -0.2) is 18.0 Å². The number of aldehydes is 1. The molecule has 0 saturated heterocycles. The van der Waals surface area contributed by atoms with E-state index >= 15 is 0 Å². The van der Waals surface area contributed by atoms with Crippen LogP contribution in [0.2, 0.25) is 0 Å². The number of carbonyl (C=O) groups is 2. The van der Waals surface area contributed by atoms with Crippen LogP contribution in [-0.2, 0) is 4.74 Å². The normalized spacial score (nSPS) is 10.9. The molecular formula is C12H13F2NO3. The summed E-state index contributed by atoms with van der Waals surface area (Å²) in [4.78, 5) is 21.7. The summed E-state index contributed by atoms with van der Waals surface area (Å²) in [6, 6.07) is 1.69. The van der Waals surface area contributed by atoms with Gasteiger partial charge in [0.05, 0.1) is 5.56 Å². The molecule has 1 rings (SSSR count). The molecule has 1 aromatic carbocycles. The van der Waals surface area contributed by atoms with E-state index < -0.39 is 28.9 Å². The third-order valence-electron chi connectivity index (χ3n) is 1.84. The Labute approximate surface area is 103 Å². The van der Waals surface area contributed by atoms with E-state index in [1.54, 1.807) is 20.8 Å². The molecule has 0 aromatic heterocycles. The fourth-order valence-electron chi connectivity index (χ4n) is 1.19. The first-order valence-corrected chi connectivity index (χ1v) is 5.17. The van der Waals surface area contributed by atoms with Gasteiger partial charge in [0, 0.05) is 5.69 Å². The summed E-state index contributed by atoms with van der Waals surface area (Å²) in [5.41, 5.74) is -1.52. The van der Waals surface area contributed by atoms with E-state index in [9.17, 15) is 18.4 Å². The molecule has 18 heavy (non-hydrogen) atoms. The van der Waals surface area contributed by atoms with Gasteiger partial charge in [-0.05, 0) is 32.9 Å². The molecule has 4 nitrogen and oxygen atoms in total. The van der Waals surface area contributed by atoms with E-state index in [1.165, 1.54) is 0 Å². The maximum atomic E-state index is 13.2. The zero-order valence-corrected chi connectivity index (χ0v) is 10.2. The van der Waals surface area contributed by atoms with Crippen molar-refractivity contribution in [2.24, 2.45) is 0 Å². The van der Waals surface area contributed by atoms with E-state index in [-0.39, 0.29) is 12.0 Å². The highest BCUT2D eigenvalue weighted by atomic mass is 19.1. The fourth-order valence-corrected chi connectivity index (χ4v) is 1.19. The molecule has 1 N–H and O–H groups in total. The third-order valence-corrected chi connectivity index (χ3v) is 1.84. The third kappa shape index (κ3) is 3.80. The van der Waals surface area contributed by atoms with E-state index in [4.69, 9.17) is 4.74 Å². The number of nitrogens with one attached hydrogen (secondary N) is 1. The number of hydrogen-bond acceptors (Lipinski definition) is 3. The number of ether oxygens (including phenoxy) is 1. The number of amides is 1. The summed E-state index contributed by atoms with van der Waals surface area (Å²) >= 11 is 0.